The van der Waals surface area contributed by atoms with Gasteiger partial charge in [0.2, 0.25) is 5.78 Å². The number of hydrazine groups is 1. The van der Waals surface area contributed by atoms with Crippen LogP contribution < -0.4 is 10.9 Å². The van der Waals surface area contributed by atoms with Crippen LogP contribution >= 0.6 is 0 Å². The van der Waals surface area contributed by atoms with Gasteiger partial charge in [0.15, 0.2) is 5.76 Å². The van der Waals surface area contributed by atoms with Gasteiger partial charge in [0.1, 0.15) is 0 Å². The van der Waals surface area contributed by atoms with Crippen molar-refractivity contribution in [3.8, 4) is 0 Å². The summed E-state index contributed by atoms with van der Waals surface area (Å²) < 4.78 is 0. The maximum Gasteiger partial charge on any atom is 0.223 e. The van der Waals surface area contributed by atoms with Crippen molar-refractivity contribution in [1.82, 2.24) is 10.9 Å². The molecule has 0 amide bonds. The van der Waals surface area contributed by atoms with Crippen molar-refractivity contribution in [1.29, 1.82) is 0 Å². The summed E-state index contributed by atoms with van der Waals surface area (Å²) in [4.78, 5) is 11.0. The molecule has 4 heteroatoms. The third-order valence-corrected chi connectivity index (χ3v) is 1.56. The van der Waals surface area contributed by atoms with Crippen LogP contribution in [0.1, 0.15) is 19.8 Å². The molecule has 0 unspecified atom stereocenters. The number of carbonyl (C=O) groups excluding carboxylic acids is 1. The highest BCUT2D eigenvalue weighted by molar-refractivity contribution is 6.02. The van der Waals surface area contributed by atoms with Gasteiger partial charge in [0, 0.05) is 12.3 Å². The van der Waals surface area contributed by atoms with E-state index in [-0.39, 0.29) is 11.5 Å². The number of carbonyl (C=O) groups is 1. The Morgan fingerprint density at radius 3 is 3.00 bits per heavy atom. The van der Waals surface area contributed by atoms with E-state index < -0.39 is 0 Å². The molecule has 1 aliphatic heterocycles. The lowest BCUT2D eigenvalue weighted by molar-refractivity contribution is -0.113. The molecule has 0 atom stereocenters. The summed E-state index contributed by atoms with van der Waals surface area (Å²) in [7, 11) is 0. The molecule has 0 spiro atoms. The van der Waals surface area contributed by atoms with Crippen LogP contribution in [0.5, 0.6) is 0 Å². The van der Waals surface area contributed by atoms with Gasteiger partial charge in [0.05, 0.1) is 5.70 Å². The van der Waals surface area contributed by atoms with Gasteiger partial charge in [-0.2, -0.15) is 0 Å². The third-order valence-electron chi connectivity index (χ3n) is 1.56. The second-order valence-electron chi connectivity index (χ2n) is 2.54. The summed E-state index contributed by atoms with van der Waals surface area (Å²) in [6.07, 6.45) is 4.28. The van der Waals surface area contributed by atoms with Crippen LogP contribution in [0.2, 0.25) is 0 Å². The van der Waals surface area contributed by atoms with Crippen molar-refractivity contribution in [2.45, 2.75) is 19.8 Å². The first kappa shape index (κ1) is 8.64. The average Bonchev–Trinajstić information content (AvgIpc) is 2.20. The monoisotopic (exact) mass is 168 g/mol. The van der Waals surface area contributed by atoms with Gasteiger partial charge in [0.25, 0.3) is 0 Å². The highest BCUT2D eigenvalue weighted by Crippen LogP contribution is 2.08. The van der Waals surface area contributed by atoms with E-state index in [1.165, 1.54) is 12.3 Å². The summed E-state index contributed by atoms with van der Waals surface area (Å²) in [5.41, 5.74) is 5.96. The van der Waals surface area contributed by atoms with E-state index in [1.54, 1.807) is 0 Å². The molecule has 0 aromatic carbocycles. The molecule has 0 aromatic heterocycles. The Kier molecular flexibility index (Phi) is 2.74. The van der Waals surface area contributed by atoms with Gasteiger partial charge in [-0.1, -0.05) is 13.3 Å². The Morgan fingerprint density at radius 2 is 2.33 bits per heavy atom. The predicted octanol–water partition coefficient (Wildman–Crippen LogP) is 0.747. The molecule has 0 aromatic rings. The van der Waals surface area contributed by atoms with Crippen LogP contribution in [0.15, 0.2) is 23.7 Å². The van der Waals surface area contributed by atoms with E-state index in [4.69, 9.17) is 0 Å². The number of nitrogens with one attached hydrogen (secondary N) is 2. The van der Waals surface area contributed by atoms with Gasteiger partial charge < -0.3 is 16.0 Å². The molecule has 0 aliphatic carbocycles. The Bertz CT molecular complexity index is 243. The molecule has 1 aliphatic rings. The summed E-state index contributed by atoms with van der Waals surface area (Å²) in [5, 5.41) is 9.32. The van der Waals surface area contributed by atoms with Crippen LogP contribution in [0.4, 0.5) is 0 Å². The molecular weight excluding hydrogens is 156 g/mol. The summed E-state index contributed by atoms with van der Waals surface area (Å²) >= 11 is 0. The van der Waals surface area contributed by atoms with E-state index in [9.17, 15) is 9.90 Å². The molecule has 0 radical (unpaired) electrons. The fourth-order valence-corrected chi connectivity index (χ4v) is 0.964. The molecule has 4 nitrogen and oxygen atoms in total. The van der Waals surface area contributed by atoms with E-state index >= 15 is 0 Å². The molecule has 1 heterocycles. The topological polar surface area (TPSA) is 61.4 Å². The number of rotatable bonds is 2. The minimum atomic E-state index is -0.365. The zero-order chi connectivity index (χ0) is 8.97. The van der Waals surface area contributed by atoms with E-state index in [2.05, 4.69) is 10.9 Å². The minimum absolute atomic E-state index is 0.196. The van der Waals surface area contributed by atoms with Crippen molar-refractivity contribution >= 4 is 5.78 Å². The Labute approximate surface area is 70.9 Å². The second-order valence-corrected chi connectivity index (χ2v) is 2.54. The first-order valence-electron chi connectivity index (χ1n) is 3.90. The molecule has 3 N–H and O–H groups in total. The van der Waals surface area contributed by atoms with Crippen LogP contribution in [-0.2, 0) is 4.79 Å². The third kappa shape index (κ3) is 1.78. The number of aliphatic hydroxyl groups excluding tert-OH is 1. The van der Waals surface area contributed by atoms with Crippen LogP contribution in [0.3, 0.4) is 0 Å². The maximum absolute atomic E-state index is 11.0. The molecule has 0 fully saturated rings. The van der Waals surface area contributed by atoms with Crippen LogP contribution in [-0.4, -0.2) is 10.9 Å². The van der Waals surface area contributed by atoms with Crippen molar-refractivity contribution < 1.29 is 9.90 Å². The summed E-state index contributed by atoms with van der Waals surface area (Å²) in [5.74, 6) is -0.561. The number of ketones is 1. The molecule has 1 rings (SSSR count). The molecule has 0 saturated heterocycles. The van der Waals surface area contributed by atoms with E-state index in [0.717, 1.165) is 6.42 Å². The first-order valence-corrected chi connectivity index (χ1v) is 3.90. The Hall–Kier alpha value is -1.45. The lowest BCUT2D eigenvalue weighted by Crippen LogP contribution is -2.26. The second kappa shape index (κ2) is 3.80. The highest BCUT2D eigenvalue weighted by Gasteiger charge is 2.12. The van der Waals surface area contributed by atoms with Gasteiger partial charge in [-0.3, -0.25) is 4.79 Å². The van der Waals surface area contributed by atoms with Gasteiger partial charge in [-0.25, -0.2) is 0 Å². The molecule has 66 valence electrons. The average molecular weight is 168 g/mol. The smallest absolute Gasteiger partial charge is 0.223 e. The fourth-order valence-electron chi connectivity index (χ4n) is 0.964. The van der Waals surface area contributed by atoms with Crippen molar-refractivity contribution in [2.24, 2.45) is 0 Å². The largest absolute Gasteiger partial charge is 0.503 e. The zero-order valence-electron chi connectivity index (χ0n) is 6.92. The van der Waals surface area contributed by atoms with Crippen LogP contribution in [0, 0.1) is 0 Å². The standard InChI is InChI=1S/C8H12N2O2/c1-2-3-6-8(12)7(11)4-5-9-10-6/h4-5,9-10,12H,2-3H2,1H3. The van der Waals surface area contributed by atoms with Gasteiger partial charge >= 0.3 is 0 Å². The quantitative estimate of drug-likeness (QED) is 0.569. The molecule has 12 heavy (non-hydrogen) atoms. The van der Waals surface area contributed by atoms with Crippen molar-refractivity contribution in [3.63, 3.8) is 0 Å². The van der Waals surface area contributed by atoms with E-state index in [0.29, 0.717) is 12.1 Å². The van der Waals surface area contributed by atoms with Crippen molar-refractivity contribution in [3.05, 3.63) is 23.7 Å². The number of allylic oxidation sites excluding steroid dienone is 2. The molecule has 0 saturated carbocycles. The fraction of sp³-hybridized carbons (Fsp3) is 0.375. The number of hydrogen-bond acceptors (Lipinski definition) is 4. The Morgan fingerprint density at radius 1 is 1.58 bits per heavy atom. The SMILES string of the molecule is CCCC1=C(O)C(=O)C=CNN1. The lowest BCUT2D eigenvalue weighted by Gasteiger charge is -2.07. The lowest BCUT2D eigenvalue weighted by atomic mass is 10.2. The van der Waals surface area contributed by atoms with Crippen molar-refractivity contribution in [2.75, 3.05) is 0 Å². The molecular formula is C8H12N2O2. The normalized spacial score (nSPS) is 16.9. The van der Waals surface area contributed by atoms with Gasteiger partial charge in [-0.15, -0.1) is 0 Å². The Balaban J connectivity index is 2.81. The number of hydrogen-bond donors (Lipinski definition) is 3. The summed E-state index contributed by atoms with van der Waals surface area (Å²) in [6.45, 7) is 1.98. The molecule has 0 bridgehead atoms. The van der Waals surface area contributed by atoms with Gasteiger partial charge in [-0.05, 0) is 6.42 Å². The summed E-state index contributed by atoms with van der Waals surface area (Å²) in [6, 6.07) is 0. The minimum Gasteiger partial charge on any atom is -0.503 e. The maximum atomic E-state index is 11.0. The first-order chi connectivity index (χ1) is 5.75. The van der Waals surface area contributed by atoms with Crippen LogP contribution in [0.25, 0.3) is 0 Å². The predicted molar refractivity (Wildman–Crippen MR) is 45.0 cm³/mol. The highest BCUT2D eigenvalue weighted by atomic mass is 16.3. The van der Waals surface area contributed by atoms with E-state index in [1.807, 2.05) is 6.92 Å². The number of aliphatic hydroxyl groups is 1. The zero-order valence-corrected chi connectivity index (χ0v) is 6.92.